The highest BCUT2D eigenvalue weighted by molar-refractivity contribution is 5.86. The van der Waals surface area contributed by atoms with E-state index in [9.17, 15) is 18.0 Å². The lowest BCUT2D eigenvalue weighted by Crippen LogP contribution is -2.32. The van der Waals surface area contributed by atoms with Gasteiger partial charge in [-0.15, -0.1) is 0 Å². The molecule has 3 atom stereocenters. The number of halogens is 3. The Bertz CT molecular complexity index is 507. The van der Waals surface area contributed by atoms with Gasteiger partial charge in [-0.3, -0.25) is 0 Å². The van der Waals surface area contributed by atoms with Gasteiger partial charge in [-0.25, -0.2) is 13.6 Å². The molecule has 3 unspecified atom stereocenters. The second-order valence-electron chi connectivity index (χ2n) is 6.71. The molecule has 142 valence electrons. The van der Waals surface area contributed by atoms with Crippen molar-refractivity contribution in [3.8, 4) is 6.07 Å². The Labute approximate surface area is 148 Å². The summed E-state index contributed by atoms with van der Waals surface area (Å²) in [6, 6.07) is 1.86. The first-order valence-corrected chi connectivity index (χ1v) is 9.22. The lowest BCUT2D eigenvalue weighted by atomic mass is 9.82. The van der Waals surface area contributed by atoms with Gasteiger partial charge in [-0.1, -0.05) is 33.6 Å². The predicted octanol–water partition coefficient (Wildman–Crippen LogP) is 5.56. The fraction of sp³-hybridized carbons (Fsp3) is 0.789. The predicted molar refractivity (Wildman–Crippen MR) is 89.4 cm³/mol. The molecular weight excluding hydrogens is 331 g/mol. The largest absolute Gasteiger partial charge is 0.457 e. The number of nitriles is 1. The fourth-order valence-corrected chi connectivity index (χ4v) is 3.33. The third kappa shape index (κ3) is 6.05. The standard InChI is InChI=1S/C17H22F3NO2.C2H6/c1-10-2-4-11(5-3-10)15(19)16(20)17(22)23-13-7-6-12(9-21)14(18)8-13;1-2/h10-14H,2-8H2,1H3;1-2H3. The summed E-state index contributed by atoms with van der Waals surface area (Å²) in [5.41, 5.74) is 0. The van der Waals surface area contributed by atoms with E-state index in [1.165, 1.54) is 0 Å². The molecule has 0 aromatic rings. The van der Waals surface area contributed by atoms with Crippen LogP contribution in [0.4, 0.5) is 13.2 Å². The summed E-state index contributed by atoms with van der Waals surface area (Å²) in [5, 5.41) is 8.74. The van der Waals surface area contributed by atoms with Crippen molar-refractivity contribution < 1.29 is 22.7 Å². The highest BCUT2D eigenvalue weighted by Crippen LogP contribution is 2.36. The molecule has 0 aromatic carbocycles. The van der Waals surface area contributed by atoms with Gasteiger partial charge in [0.05, 0.1) is 12.0 Å². The molecular formula is C19H28F3NO2. The van der Waals surface area contributed by atoms with Crippen molar-refractivity contribution in [3.63, 3.8) is 0 Å². The lowest BCUT2D eigenvalue weighted by molar-refractivity contribution is -0.149. The van der Waals surface area contributed by atoms with Crippen molar-refractivity contribution in [3.05, 3.63) is 11.7 Å². The van der Waals surface area contributed by atoms with E-state index in [0.717, 1.165) is 12.8 Å². The van der Waals surface area contributed by atoms with E-state index in [4.69, 9.17) is 10.00 Å². The van der Waals surface area contributed by atoms with E-state index < -0.39 is 41.7 Å². The number of hydrogen-bond acceptors (Lipinski definition) is 3. The van der Waals surface area contributed by atoms with Crippen LogP contribution in [-0.2, 0) is 9.53 Å². The Kier molecular flexibility index (Phi) is 9.02. The molecule has 6 heteroatoms. The number of hydrogen-bond donors (Lipinski definition) is 0. The zero-order valence-corrected chi connectivity index (χ0v) is 15.2. The maximum atomic E-state index is 14.1. The van der Waals surface area contributed by atoms with Crippen LogP contribution < -0.4 is 0 Å². The zero-order valence-electron chi connectivity index (χ0n) is 15.2. The second kappa shape index (κ2) is 10.5. The van der Waals surface area contributed by atoms with Crippen molar-refractivity contribution in [1.82, 2.24) is 0 Å². The van der Waals surface area contributed by atoms with Gasteiger partial charge in [-0.2, -0.15) is 9.65 Å². The molecule has 2 rings (SSSR count). The smallest absolute Gasteiger partial charge is 0.370 e. The van der Waals surface area contributed by atoms with Gasteiger partial charge < -0.3 is 4.74 Å². The number of rotatable bonds is 3. The van der Waals surface area contributed by atoms with Crippen LogP contribution in [0.15, 0.2) is 11.7 Å². The van der Waals surface area contributed by atoms with E-state index in [1.807, 2.05) is 19.9 Å². The van der Waals surface area contributed by atoms with Crippen LogP contribution in [0.25, 0.3) is 0 Å². The molecule has 0 N–H and O–H groups in total. The minimum atomic E-state index is -1.48. The van der Waals surface area contributed by atoms with Gasteiger partial charge in [0, 0.05) is 12.3 Å². The molecule has 0 amide bonds. The summed E-state index contributed by atoms with van der Waals surface area (Å²) in [4.78, 5) is 11.7. The van der Waals surface area contributed by atoms with E-state index in [0.29, 0.717) is 25.2 Å². The Morgan fingerprint density at radius 2 is 1.68 bits per heavy atom. The van der Waals surface area contributed by atoms with Crippen LogP contribution in [0.2, 0.25) is 0 Å². The molecule has 0 spiro atoms. The molecule has 0 bridgehead atoms. The van der Waals surface area contributed by atoms with Gasteiger partial charge >= 0.3 is 5.97 Å². The quantitative estimate of drug-likeness (QED) is 0.489. The van der Waals surface area contributed by atoms with Gasteiger partial charge in [-0.05, 0) is 31.6 Å². The van der Waals surface area contributed by atoms with Crippen LogP contribution in [0.5, 0.6) is 0 Å². The summed E-state index contributed by atoms with van der Waals surface area (Å²) in [6.45, 7) is 6.06. The molecule has 2 aliphatic carbocycles. The number of carbonyl (C=O) groups is 1. The first kappa shape index (κ1) is 21.5. The van der Waals surface area contributed by atoms with Crippen LogP contribution >= 0.6 is 0 Å². The summed E-state index contributed by atoms with van der Waals surface area (Å²) in [5.74, 6) is -4.67. The topological polar surface area (TPSA) is 50.1 Å². The molecule has 2 fully saturated rings. The maximum absolute atomic E-state index is 14.1. The van der Waals surface area contributed by atoms with E-state index in [2.05, 4.69) is 6.92 Å². The number of esters is 1. The van der Waals surface area contributed by atoms with E-state index >= 15 is 0 Å². The lowest BCUT2D eigenvalue weighted by Gasteiger charge is -2.28. The van der Waals surface area contributed by atoms with Gasteiger partial charge in [0.1, 0.15) is 18.1 Å². The van der Waals surface area contributed by atoms with Crippen LogP contribution in [0.3, 0.4) is 0 Å². The van der Waals surface area contributed by atoms with Gasteiger partial charge in [0.2, 0.25) is 5.83 Å². The van der Waals surface area contributed by atoms with Crippen molar-refractivity contribution in [1.29, 1.82) is 5.26 Å². The molecule has 0 aromatic heterocycles. The monoisotopic (exact) mass is 359 g/mol. The molecule has 0 radical (unpaired) electrons. The molecule has 3 nitrogen and oxygen atoms in total. The molecule has 2 saturated carbocycles. The molecule has 0 heterocycles. The van der Waals surface area contributed by atoms with Crippen molar-refractivity contribution >= 4 is 5.97 Å². The van der Waals surface area contributed by atoms with E-state index in [1.54, 1.807) is 0 Å². The Balaban J connectivity index is 0.00000151. The number of ether oxygens (including phenoxy) is 1. The third-order valence-corrected chi connectivity index (χ3v) is 4.93. The van der Waals surface area contributed by atoms with Crippen LogP contribution in [0.1, 0.15) is 65.7 Å². The highest BCUT2D eigenvalue weighted by atomic mass is 19.2. The molecule has 25 heavy (non-hydrogen) atoms. The minimum Gasteiger partial charge on any atom is -0.457 e. The number of alkyl halides is 1. The summed E-state index contributed by atoms with van der Waals surface area (Å²) in [6.07, 6.45) is 0.866. The maximum Gasteiger partial charge on any atom is 0.370 e. The third-order valence-electron chi connectivity index (χ3n) is 4.93. The van der Waals surface area contributed by atoms with Crippen molar-refractivity contribution in [2.75, 3.05) is 0 Å². The molecule has 2 aliphatic rings. The first-order valence-electron chi connectivity index (χ1n) is 9.22. The van der Waals surface area contributed by atoms with Crippen molar-refractivity contribution in [2.45, 2.75) is 78.0 Å². The first-order chi connectivity index (χ1) is 11.9. The Morgan fingerprint density at radius 3 is 2.20 bits per heavy atom. The normalized spacial score (nSPS) is 33.2. The Morgan fingerprint density at radius 1 is 1.08 bits per heavy atom. The van der Waals surface area contributed by atoms with Gasteiger partial charge in [0.15, 0.2) is 0 Å². The average molecular weight is 359 g/mol. The average Bonchev–Trinajstić information content (AvgIpc) is 2.63. The minimum absolute atomic E-state index is 0.139. The Hall–Kier alpha value is -1.51. The summed E-state index contributed by atoms with van der Waals surface area (Å²) in [7, 11) is 0. The SMILES string of the molecule is CC.CC1CCC(C(F)=C(F)C(=O)OC2CCC(C#N)C(F)C2)CC1. The fourth-order valence-electron chi connectivity index (χ4n) is 3.33. The number of nitrogens with zero attached hydrogens (tertiary/aromatic N) is 1. The summed E-state index contributed by atoms with van der Waals surface area (Å²) < 4.78 is 46.6. The zero-order chi connectivity index (χ0) is 19.0. The highest BCUT2D eigenvalue weighted by Gasteiger charge is 2.34. The van der Waals surface area contributed by atoms with Gasteiger partial charge in [0.25, 0.3) is 0 Å². The van der Waals surface area contributed by atoms with Crippen molar-refractivity contribution in [2.24, 2.45) is 17.8 Å². The van der Waals surface area contributed by atoms with Crippen LogP contribution in [-0.4, -0.2) is 18.2 Å². The molecule has 0 saturated heterocycles. The summed E-state index contributed by atoms with van der Waals surface area (Å²) >= 11 is 0. The van der Waals surface area contributed by atoms with Crippen LogP contribution in [0, 0.1) is 29.1 Å². The second-order valence-corrected chi connectivity index (χ2v) is 6.71. The number of carbonyl (C=O) groups excluding carboxylic acids is 1. The number of allylic oxidation sites excluding steroid dienone is 1. The molecule has 0 aliphatic heterocycles. The van der Waals surface area contributed by atoms with E-state index in [-0.39, 0.29) is 12.8 Å².